The number of hydrogen-bond acceptors (Lipinski definition) is 2. The molecule has 1 unspecified atom stereocenters. The summed E-state index contributed by atoms with van der Waals surface area (Å²) in [6.07, 6.45) is 1.53. The van der Waals surface area contributed by atoms with Crippen LogP contribution < -0.4 is 11.1 Å². The zero-order valence-corrected chi connectivity index (χ0v) is 11.7. The minimum absolute atomic E-state index is 0. The van der Waals surface area contributed by atoms with Gasteiger partial charge in [-0.25, -0.2) is 0 Å². The monoisotopic (exact) mass is 296 g/mol. The molecule has 0 fully saturated rings. The van der Waals surface area contributed by atoms with Crippen molar-refractivity contribution >= 4 is 47.2 Å². The standard InChI is InChI=1S/C11H14Cl2N2O.ClH/c1-2-3-10(14)11(16)15-7-4-5-8(12)9(13)6-7;/h4-6,10H,2-3,14H2,1H3,(H,15,16);1H. The molecule has 1 aromatic carbocycles. The van der Waals surface area contributed by atoms with Crippen molar-refractivity contribution in [2.45, 2.75) is 25.8 Å². The summed E-state index contributed by atoms with van der Waals surface area (Å²) in [5, 5.41) is 3.55. The Morgan fingerprint density at radius 1 is 1.41 bits per heavy atom. The van der Waals surface area contributed by atoms with E-state index in [1.165, 1.54) is 0 Å². The van der Waals surface area contributed by atoms with Crippen LogP contribution in [0.5, 0.6) is 0 Å². The van der Waals surface area contributed by atoms with Crippen LogP contribution in [0.25, 0.3) is 0 Å². The smallest absolute Gasteiger partial charge is 0.241 e. The highest BCUT2D eigenvalue weighted by molar-refractivity contribution is 6.42. The van der Waals surface area contributed by atoms with Crippen LogP contribution in [-0.2, 0) is 4.79 Å². The molecule has 0 saturated carbocycles. The minimum Gasteiger partial charge on any atom is -0.325 e. The summed E-state index contributed by atoms with van der Waals surface area (Å²) in [5.74, 6) is -0.208. The Balaban J connectivity index is 0.00000256. The maximum Gasteiger partial charge on any atom is 0.241 e. The number of benzene rings is 1. The second-order valence-electron chi connectivity index (χ2n) is 3.51. The van der Waals surface area contributed by atoms with Crippen LogP contribution in [0.3, 0.4) is 0 Å². The summed E-state index contributed by atoms with van der Waals surface area (Å²) in [6, 6.07) is 4.43. The molecule has 6 heteroatoms. The topological polar surface area (TPSA) is 55.1 Å². The van der Waals surface area contributed by atoms with Crippen LogP contribution in [0.2, 0.25) is 10.0 Å². The quantitative estimate of drug-likeness (QED) is 0.894. The number of rotatable bonds is 4. The molecule has 0 bridgehead atoms. The summed E-state index contributed by atoms with van der Waals surface area (Å²) >= 11 is 11.6. The molecule has 17 heavy (non-hydrogen) atoms. The second kappa shape index (κ2) is 7.77. The fraction of sp³-hybridized carbons (Fsp3) is 0.364. The molecule has 0 saturated heterocycles. The predicted octanol–water partition coefficient (Wildman–Crippen LogP) is 3.48. The maximum absolute atomic E-state index is 11.6. The highest BCUT2D eigenvalue weighted by Crippen LogP contribution is 2.25. The van der Waals surface area contributed by atoms with Gasteiger partial charge < -0.3 is 11.1 Å². The first kappa shape index (κ1) is 16.5. The zero-order valence-electron chi connectivity index (χ0n) is 9.37. The molecule has 0 heterocycles. The number of nitrogens with two attached hydrogens (primary N) is 1. The highest BCUT2D eigenvalue weighted by atomic mass is 35.5. The second-order valence-corrected chi connectivity index (χ2v) is 4.33. The first-order chi connectivity index (χ1) is 7.54. The highest BCUT2D eigenvalue weighted by Gasteiger charge is 2.12. The van der Waals surface area contributed by atoms with Crippen LogP contribution >= 0.6 is 35.6 Å². The first-order valence-electron chi connectivity index (χ1n) is 5.06. The summed E-state index contributed by atoms with van der Waals surface area (Å²) in [6.45, 7) is 1.98. The molecule has 1 atom stereocenters. The number of anilines is 1. The van der Waals surface area contributed by atoms with Gasteiger partial charge in [0.2, 0.25) is 5.91 Å². The minimum atomic E-state index is -0.487. The summed E-state index contributed by atoms with van der Waals surface area (Å²) in [4.78, 5) is 11.6. The third kappa shape index (κ3) is 5.13. The third-order valence-corrected chi connectivity index (χ3v) is 2.86. The molecule has 0 aliphatic rings. The molecule has 0 aromatic heterocycles. The van der Waals surface area contributed by atoms with Crippen molar-refractivity contribution in [3.8, 4) is 0 Å². The third-order valence-electron chi connectivity index (χ3n) is 2.12. The van der Waals surface area contributed by atoms with Crippen LogP contribution in [-0.4, -0.2) is 11.9 Å². The van der Waals surface area contributed by atoms with Gasteiger partial charge in [-0.15, -0.1) is 12.4 Å². The lowest BCUT2D eigenvalue weighted by Gasteiger charge is -2.11. The van der Waals surface area contributed by atoms with Crippen LogP contribution in [0.15, 0.2) is 18.2 Å². The largest absolute Gasteiger partial charge is 0.325 e. The van der Waals surface area contributed by atoms with Gasteiger partial charge in [0.1, 0.15) is 0 Å². The van der Waals surface area contributed by atoms with Crippen molar-refractivity contribution in [2.75, 3.05) is 5.32 Å². The maximum atomic E-state index is 11.6. The van der Waals surface area contributed by atoms with Gasteiger partial charge in [0.25, 0.3) is 0 Å². The Hall–Kier alpha value is -0.480. The van der Waals surface area contributed by atoms with E-state index in [0.29, 0.717) is 22.2 Å². The van der Waals surface area contributed by atoms with E-state index in [0.717, 1.165) is 6.42 Å². The molecule has 0 aliphatic carbocycles. The Kier molecular flexibility index (Phi) is 7.55. The zero-order chi connectivity index (χ0) is 12.1. The van der Waals surface area contributed by atoms with Gasteiger partial charge in [-0.05, 0) is 24.6 Å². The van der Waals surface area contributed by atoms with E-state index in [9.17, 15) is 4.79 Å². The van der Waals surface area contributed by atoms with E-state index in [4.69, 9.17) is 28.9 Å². The fourth-order valence-corrected chi connectivity index (χ4v) is 1.55. The number of hydrogen-bond donors (Lipinski definition) is 2. The average molecular weight is 298 g/mol. The number of nitrogens with one attached hydrogen (secondary N) is 1. The van der Waals surface area contributed by atoms with Gasteiger partial charge in [-0.1, -0.05) is 36.5 Å². The fourth-order valence-electron chi connectivity index (χ4n) is 1.25. The van der Waals surface area contributed by atoms with Gasteiger partial charge in [0.15, 0.2) is 0 Å². The number of carbonyl (C=O) groups is 1. The lowest BCUT2D eigenvalue weighted by molar-refractivity contribution is -0.117. The molecule has 0 radical (unpaired) electrons. The van der Waals surface area contributed by atoms with E-state index >= 15 is 0 Å². The lowest BCUT2D eigenvalue weighted by Crippen LogP contribution is -2.35. The lowest BCUT2D eigenvalue weighted by atomic mass is 10.1. The molecular formula is C11H15Cl3N2O. The average Bonchev–Trinajstić information content (AvgIpc) is 2.24. The normalized spacial score (nSPS) is 11.5. The number of halogens is 3. The van der Waals surface area contributed by atoms with Crippen molar-refractivity contribution < 1.29 is 4.79 Å². The predicted molar refractivity (Wildman–Crippen MR) is 75.2 cm³/mol. The summed E-state index contributed by atoms with van der Waals surface area (Å²) in [7, 11) is 0. The molecule has 1 amide bonds. The van der Waals surface area contributed by atoms with E-state index in [-0.39, 0.29) is 18.3 Å². The molecule has 96 valence electrons. The Labute approximate surface area is 117 Å². The van der Waals surface area contributed by atoms with Crippen molar-refractivity contribution in [2.24, 2.45) is 5.73 Å². The van der Waals surface area contributed by atoms with Gasteiger partial charge in [0, 0.05) is 5.69 Å². The molecule has 1 aromatic rings. The SMILES string of the molecule is CCCC(N)C(=O)Nc1ccc(Cl)c(Cl)c1.Cl. The molecule has 0 spiro atoms. The van der Waals surface area contributed by atoms with Crippen molar-refractivity contribution in [3.05, 3.63) is 28.2 Å². The number of carbonyl (C=O) groups excluding carboxylic acids is 1. The number of amides is 1. The van der Waals surface area contributed by atoms with Gasteiger partial charge in [-0.2, -0.15) is 0 Å². The first-order valence-corrected chi connectivity index (χ1v) is 5.81. The van der Waals surface area contributed by atoms with Crippen molar-refractivity contribution in [3.63, 3.8) is 0 Å². The molecular weight excluding hydrogens is 282 g/mol. The molecule has 3 nitrogen and oxygen atoms in total. The summed E-state index contributed by atoms with van der Waals surface area (Å²) in [5.41, 5.74) is 6.28. The van der Waals surface area contributed by atoms with Crippen LogP contribution in [0, 0.1) is 0 Å². The Morgan fingerprint density at radius 3 is 2.59 bits per heavy atom. The van der Waals surface area contributed by atoms with Crippen molar-refractivity contribution in [1.82, 2.24) is 0 Å². The van der Waals surface area contributed by atoms with E-state index in [2.05, 4.69) is 5.32 Å². The Bertz CT molecular complexity index is 385. The van der Waals surface area contributed by atoms with Gasteiger partial charge in [-0.3, -0.25) is 4.79 Å². The van der Waals surface area contributed by atoms with Crippen LogP contribution in [0.4, 0.5) is 5.69 Å². The van der Waals surface area contributed by atoms with Crippen LogP contribution in [0.1, 0.15) is 19.8 Å². The van der Waals surface area contributed by atoms with E-state index in [1.807, 2.05) is 6.92 Å². The Morgan fingerprint density at radius 2 is 2.06 bits per heavy atom. The molecule has 0 aliphatic heterocycles. The van der Waals surface area contributed by atoms with Crippen molar-refractivity contribution in [1.29, 1.82) is 0 Å². The molecule has 1 rings (SSSR count). The van der Waals surface area contributed by atoms with E-state index < -0.39 is 6.04 Å². The molecule has 3 N–H and O–H groups in total. The van der Waals surface area contributed by atoms with Gasteiger partial charge in [0.05, 0.1) is 16.1 Å². The summed E-state index contributed by atoms with van der Waals surface area (Å²) < 4.78 is 0. The van der Waals surface area contributed by atoms with Gasteiger partial charge >= 0.3 is 0 Å². The van der Waals surface area contributed by atoms with E-state index in [1.54, 1.807) is 18.2 Å².